The van der Waals surface area contributed by atoms with Gasteiger partial charge < -0.3 is 18.9 Å². The Morgan fingerprint density at radius 3 is 1.86 bits per heavy atom. The second kappa shape index (κ2) is 12.6. The Kier molecular flexibility index (Phi) is 8.31. The Morgan fingerprint density at radius 2 is 1.30 bits per heavy atom. The number of ether oxygens (including phenoxy) is 4. The number of hydrogen-bond acceptors (Lipinski definition) is 10. The second-order valence-electron chi connectivity index (χ2n) is 9.87. The standard InChI is InChI=1S/C32H25ClN4O7/c1-19-36-24-27(33)34-18-35-28(24)37(19)29-26(44-32(40)22-15-9-4-10-16-22)25(43-31(39)21-13-7-3-8-14-21)23(42-29)17-41-30(38)20-11-5-2-6-12-20/h2-16,18,23,25-26,29H,17H2,1H3. The number of nitrogens with zero attached hydrogens (tertiary/aromatic N) is 4. The predicted molar refractivity (Wildman–Crippen MR) is 157 cm³/mol. The molecule has 6 rings (SSSR count). The average molecular weight is 613 g/mol. The molecule has 0 N–H and O–H groups in total. The minimum Gasteiger partial charge on any atom is -0.459 e. The zero-order chi connectivity index (χ0) is 30.6. The van der Waals surface area contributed by atoms with Crippen LogP contribution in [0.15, 0.2) is 97.3 Å². The van der Waals surface area contributed by atoms with Crippen molar-refractivity contribution < 1.29 is 33.3 Å². The number of carbonyl (C=O) groups is 3. The molecule has 1 aliphatic heterocycles. The summed E-state index contributed by atoms with van der Waals surface area (Å²) in [6.45, 7) is 1.38. The smallest absolute Gasteiger partial charge is 0.338 e. The van der Waals surface area contributed by atoms with Crippen LogP contribution in [-0.4, -0.2) is 62.3 Å². The highest BCUT2D eigenvalue weighted by Gasteiger charge is 2.52. The van der Waals surface area contributed by atoms with Gasteiger partial charge in [-0.15, -0.1) is 0 Å². The van der Waals surface area contributed by atoms with Gasteiger partial charge in [-0.2, -0.15) is 0 Å². The van der Waals surface area contributed by atoms with E-state index in [1.54, 1.807) is 102 Å². The summed E-state index contributed by atoms with van der Waals surface area (Å²) in [7, 11) is 0. The number of benzene rings is 3. The Bertz CT molecular complexity index is 1800. The van der Waals surface area contributed by atoms with Crippen molar-refractivity contribution in [1.29, 1.82) is 0 Å². The number of carbonyl (C=O) groups excluding carboxylic acids is 3. The van der Waals surface area contributed by atoms with Gasteiger partial charge >= 0.3 is 17.9 Å². The predicted octanol–water partition coefficient (Wildman–Crippen LogP) is 4.99. The molecule has 1 saturated heterocycles. The highest BCUT2D eigenvalue weighted by Crippen LogP contribution is 2.38. The van der Waals surface area contributed by atoms with E-state index in [4.69, 9.17) is 30.5 Å². The highest BCUT2D eigenvalue weighted by atomic mass is 35.5. The molecule has 4 atom stereocenters. The third-order valence-electron chi connectivity index (χ3n) is 7.04. The Hall–Kier alpha value is -5.13. The van der Waals surface area contributed by atoms with Crippen molar-refractivity contribution in [3.63, 3.8) is 0 Å². The maximum atomic E-state index is 13.4. The second-order valence-corrected chi connectivity index (χ2v) is 10.2. The third-order valence-corrected chi connectivity index (χ3v) is 7.32. The molecule has 0 aliphatic carbocycles. The van der Waals surface area contributed by atoms with Crippen molar-refractivity contribution in [3.8, 4) is 0 Å². The Balaban J connectivity index is 1.40. The number of rotatable bonds is 8. The van der Waals surface area contributed by atoms with Crippen LogP contribution in [0.1, 0.15) is 43.1 Å². The zero-order valence-corrected chi connectivity index (χ0v) is 24.0. The fourth-order valence-corrected chi connectivity index (χ4v) is 5.13. The molecule has 4 unspecified atom stereocenters. The SMILES string of the molecule is Cc1nc2c(Cl)ncnc2n1C1OC(COC(=O)c2ccccc2)C(OC(=O)c2ccccc2)C1OC(=O)c1ccccc1. The summed E-state index contributed by atoms with van der Waals surface area (Å²) >= 11 is 6.31. The largest absolute Gasteiger partial charge is 0.459 e. The van der Waals surface area contributed by atoms with Gasteiger partial charge in [-0.1, -0.05) is 66.2 Å². The molecular formula is C32H25ClN4O7. The van der Waals surface area contributed by atoms with Crippen molar-refractivity contribution in [2.75, 3.05) is 6.61 Å². The fourth-order valence-electron chi connectivity index (χ4n) is 4.96. The molecule has 1 fully saturated rings. The molecular weight excluding hydrogens is 588 g/mol. The van der Waals surface area contributed by atoms with Gasteiger partial charge in [-0.3, -0.25) is 4.57 Å². The van der Waals surface area contributed by atoms with E-state index in [1.165, 1.54) is 6.33 Å². The van der Waals surface area contributed by atoms with Crippen LogP contribution in [0.3, 0.4) is 0 Å². The molecule has 1 aliphatic rings. The van der Waals surface area contributed by atoms with E-state index >= 15 is 0 Å². The number of halogens is 1. The van der Waals surface area contributed by atoms with Gasteiger partial charge in [0.05, 0.1) is 16.7 Å². The first kappa shape index (κ1) is 29.0. The van der Waals surface area contributed by atoms with Gasteiger partial charge in [0.2, 0.25) is 0 Å². The summed E-state index contributed by atoms with van der Waals surface area (Å²) in [6, 6.07) is 25.1. The van der Waals surface area contributed by atoms with Crippen LogP contribution >= 0.6 is 11.6 Å². The molecule has 0 saturated carbocycles. The molecule has 3 aromatic carbocycles. The van der Waals surface area contributed by atoms with Crippen LogP contribution < -0.4 is 0 Å². The summed E-state index contributed by atoms with van der Waals surface area (Å²) in [5, 5.41) is 0.119. The van der Waals surface area contributed by atoms with Crippen molar-refractivity contribution in [2.24, 2.45) is 0 Å². The maximum Gasteiger partial charge on any atom is 0.338 e. The zero-order valence-electron chi connectivity index (χ0n) is 23.3. The Morgan fingerprint density at radius 1 is 0.773 bits per heavy atom. The molecule has 0 bridgehead atoms. The van der Waals surface area contributed by atoms with Gasteiger partial charge in [-0.25, -0.2) is 29.3 Å². The van der Waals surface area contributed by atoms with Gasteiger partial charge in [-0.05, 0) is 43.3 Å². The first-order valence-corrected chi connectivity index (χ1v) is 14.0. The molecule has 12 heteroatoms. The van der Waals surface area contributed by atoms with Crippen LogP contribution in [0, 0.1) is 6.92 Å². The van der Waals surface area contributed by atoms with Crippen LogP contribution in [0.2, 0.25) is 5.15 Å². The van der Waals surface area contributed by atoms with Crippen molar-refractivity contribution in [1.82, 2.24) is 19.5 Å². The van der Waals surface area contributed by atoms with Crippen LogP contribution in [0.25, 0.3) is 11.2 Å². The van der Waals surface area contributed by atoms with E-state index in [0.717, 1.165) is 0 Å². The van der Waals surface area contributed by atoms with Gasteiger partial charge in [0.25, 0.3) is 0 Å². The van der Waals surface area contributed by atoms with E-state index in [2.05, 4.69) is 15.0 Å². The summed E-state index contributed by atoms with van der Waals surface area (Å²) in [5.41, 5.74) is 1.49. The first-order valence-electron chi connectivity index (χ1n) is 13.7. The van der Waals surface area contributed by atoms with Crippen LogP contribution in [-0.2, 0) is 18.9 Å². The van der Waals surface area contributed by atoms with Crippen molar-refractivity contribution in [3.05, 3.63) is 125 Å². The van der Waals surface area contributed by atoms with Crippen LogP contribution in [0.4, 0.5) is 0 Å². The minimum absolute atomic E-state index is 0.119. The summed E-state index contributed by atoms with van der Waals surface area (Å²) in [5.74, 6) is -1.55. The van der Waals surface area contributed by atoms with Crippen molar-refractivity contribution >= 4 is 40.7 Å². The lowest BCUT2D eigenvalue weighted by atomic mass is 10.1. The molecule has 5 aromatic rings. The topological polar surface area (TPSA) is 132 Å². The first-order chi connectivity index (χ1) is 21.4. The normalized spacial score (nSPS) is 19.4. The molecule has 11 nitrogen and oxygen atoms in total. The molecule has 0 radical (unpaired) electrons. The number of aryl methyl sites for hydroxylation is 1. The minimum atomic E-state index is -1.22. The van der Waals surface area contributed by atoms with E-state index in [9.17, 15) is 14.4 Å². The summed E-state index contributed by atoms with van der Waals surface area (Å²) in [4.78, 5) is 52.4. The average Bonchev–Trinajstić information content (AvgIpc) is 3.57. The lowest BCUT2D eigenvalue weighted by Gasteiger charge is -2.25. The summed E-state index contributed by atoms with van der Waals surface area (Å²) < 4.78 is 25.6. The van der Waals surface area contributed by atoms with E-state index in [0.29, 0.717) is 22.6 Å². The molecule has 44 heavy (non-hydrogen) atoms. The highest BCUT2D eigenvalue weighted by molar-refractivity contribution is 6.33. The lowest BCUT2D eigenvalue weighted by molar-refractivity contribution is -0.0613. The molecule has 2 aromatic heterocycles. The Labute approximate surface area is 256 Å². The van der Waals surface area contributed by atoms with Gasteiger partial charge in [0, 0.05) is 0 Å². The van der Waals surface area contributed by atoms with Crippen molar-refractivity contribution in [2.45, 2.75) is 31.5 Å². The van der Waals surface area contributed by atoms with E-state index in [1.807, 2.05) is 0 Å². The molecule has 0 spiro atoms. The maximum absolute atomic E-state index is 13.4. The number of hydrogen-bond donors (Lipinski definition) is 0. The third kappa shape index (κ3) is 5.87. The number of aromatic nitrogens is 4. The van der Waals surface area contributed by atoms with E-state index in [-0.39, 0.29) is 22.9 Å². The van der Waals surface area contributed by atoms with Gasteiger partial charge in [0.15, 0.2) is 29.2 Å². The fraction of sp³-hybridized carbons (Fsp3) is 0.188. The number of fused-ring (bicyclic) bond motifs is 1. The van der Waals surface area contributed by atoms with Gasteiger partial charge in [0.1, 0.15) is 30.4 Å². The molecule has 222 valence electrons. The monoisotopic (exact) mass is 612 g/mol. The number of esters is 3. The van der Waals surface area contributed by atoms with E-state index < -0.39 is 42.4 Å². The van der Waals surface area contributed by atoms with Crippen LogP contribution in [0.5, 0.6) is 0 Å². The molecule has 3 heterocycles. The lowest BCUT2D eigenvalue weighted by Crippen LogP contribution is -2.41. The summed E-state index contributed by atoms with van der Waals surface area (Å²) in [6.07, 6.45) is -3.32. The quantitative estimate of drug-likeness (QED) is 0.134. The molecule has 0 amide bonds. The number of imidazole rings is 1.